The zero-order valence-corrected chi connectivity index (χ0v) is 11.7. The van der Waals surface area contributed by atoms with Gasteiger partial charge in [0.05, 0.1) is 7.11 Å². The van der Waals surface area contributed by atoms with Crippen LogP contribution in [0, 0.1) is 6.92 Å². The highest BCUT2D eigenvalue weighted by atomic mass is 35.5. The first-order valence-corrected chi connectivity index (χ1v) is 6.57. The third-order valence-electron chi connectivity index (χ3n) is 3.42. The number of ether oxygens (including phenoxy) is 1. The second-order valence-corrected chi connectivity index (χ2v) is 5.08. The summed E-state index contributed by atoms with van der Waals surface area (Å²) in [5.74, 6) is -0.515. The standard InChI is InChI=1S/C14H16ClNO3/c1-9-5-6-10(15)8-11(9)13(17)16-7-3-4-12(16)14(18)19-2/h5-6,8,12H,3-4,7H2,1-2H3. The van der Waals surface area contributed by atoms with Crippen LogP contribution in [0.5, 0.6) is 0 Å². The van der Waals surface area contributed by atoms with Crippen LogP contribution in [0.3, 0.4) is 0 Å². The van der Waals surface area contributed by atoms with E-state index in [1.807, 2.05) is 6.92 Å². The van der Waals surface area contributed by atoms with Gasteiger partial charge in [-0.3, -0.25) is 4.79 Å². The summed E-state index contributed by atoms with van der Waals surface area (Å²) in [6.07, 6.45) is 1.46. The van der Waals surface area contributed by atoms with Gasteiger partial charge in [0, 0.05) is 17.1 Å². The van der Waals surface area contributed by atoms with Gasteiger partial charge in [-0.1, -0.05) is 17.7 Å². The second kappa shape index (κ2) is 5.61. The van der Waals surface area contributed by atoms with Gasteiger partial charge in [0.2, 0.25) is 0 Å². The summed E-state index contributed by atoms with van der Waals surface area (Å²) in [5, 5.41) is 0.516. The number of methoxy groups -OCH3 is 1. The minimum Gasteiger partial charge on any atom is -0.467 e. The number of benzene rings is 1. The first-order chi connectivity index (χ1) is 9.04. The van der Waals surface area contributed by atoms with Crippen LogP contribution in [0.4, 0.5) is 0 Å². The number of rotatable bonds is 2. The van der Waals surface area contributed by atoms with Gasteiger partial charge in [0.25, 0.3) is 5.91 Å². The van der Waals surface area contributed by atoms with E-state index < -0.39 is 6.04 Å². The van der Waals surface area contributed by atoms with E-state index in [2.05, 4.69) is 0 Å². The van der Waals surface area contributed by atoms with Gasteiger partial charge < -0.3 is 9.64 Å². The molecule has 1 saturated heterocycles. The molecule has 4 nitrogen and oxygen atoms in total. The largest absolute Gasteiger partial charge is 0.467 e. The van der Waals surface area contributed by atoms with Gasteiger partial charge >= 0.3 is 5.97 Å². The van der Waals surface area contributed by atoms with E-state index in [4.69, 9.17) is 16.3 Å². The Morgan fingerprint density at radius 1 is 1.42 bits per heavy atom. The quantitative estimate of drug-likeness (QED) is 0.782. The fraction of sp³-hybridized carbons (Fsp3) is 0.429. The van der Waals surface area contributed by atoms with Crippen LogP contribution in [-0.2, 0) is 9.53 Å². The fourth-order valence-electron chi connectivity index (χ4n) is 2.37. The molecule has 1 heterocycles. The van der Waals surface area contributed by atoms with Gasteiger partial charge in [0.1, 0.15) is 6.04 Å². The number of hydrogen-bond donors (Lipinski definition) is 0. The topological polar surface area (TPSA) is 46.6 Å². The Kier molecular flexibility index (Phi) is 4.10. The van der Waals surface area contributed by atoms with E-state index in [9.17, 15) is 9.59 Å². The van der Waals surface area contributed by atoms with Crippen molar-refractivity contribution in [2.45, 2.75) is 25.8 Å². The Hall–Kier alpha value is -1.55. The Labute approximate surface area is 117 Å². The first kappa shape index (κ1) is 13.9. The van der Waals surface area contributed by atoms with Gasteiger partial charge in [0.15, 0.2) is 0 Å². The molecule has 1 amide bonds. The van der Waals surface area contributed by atoms with E-state index in [0.29, 0.717) is 23.6 Å². The van der Waals surface area contributed by atoms with E-state index in [-0.39, 0.29) is 11.9 Å². The molecule has 1 atom stereocenters. The van der Waals surface area contributed by atoms with Crippen LogP contribution in [0.2, 0.25) is 5.02 Å². The van der Waals surface area contributed by atoms with Gasteiger partial charge in [-0.05, 0) is 37.5 Å². The molecule has 5 heteroatoms. The smallest absolute Gasteiger partial charge is 0.328 e. The lowest BCUT2D eigenvalue weighted by molar-refractivity contribution is -0.145. The summed E-state index contributed by atoms with van der Waals surface area (Å²) < 4.78 is 4.75. The van der Waals surface area contributed by atoms with Crippen LogP contribution < -0.4 is 0 Å². The molecule has 1 unspecified atom stereocenters. The highest BCUT2D eigenvalue weighted by Crippen LogP contribution is 2.24. The van der Waals surface area contributed by atoms with E-state index in [1.54, 1.807) is 23.1 Å². The lowest BCUT2D eigenvalue weighted by atomic mass is 10.1. The lowest BCUT2D eigenvalue weighted by Gasteiger charge is -2.23. The lowest BCUT2D eigenvalue weighted by Crippen LogP contribution is -2.41. The third kappa shape index (κ3) is 2.73. The van der Waals surface area contributed by atoms with Crippen molar-refractivity contribution < 1.29 is 14.3 Å². The number of amides is 1. The molecule has 0 bridgehead atoms. The van der Waals surface area contributed by atoms with Crippen LogP contribution in [-0.4, -0.2) is 36.5 Å². The van der Waals surface area contributed by atoms with Gasteiger partial charge in [-0.2, -0.15) is 0 Å². The number of carbonyl (C=O) groups excluding carboxylic acids is 2. The fourth-order valence-corrected chi connectivity index (χ4v) is 2.54. The average Bonchev–Trinajstić information content (AvgIpc) is 2.89. The molecular weight excluding hydrogens is 266 g/mol. The van der Waals surface area contributed by atoms with Crippen molar-refractivity contribution >= 4 is 23.5 Å². The Balaban J connectivity index is 2.28. The molecule has 1 aromatic rings. The summed E-state index contributed by atoms with van der Waals surface area (Å²) in [6.45, 7) is 2.43. The molecular formula is C14H16ClNO3. The summed E-state index contributed by atoms with van der Waals surface area (Å²) >= 11 is 5.93. The maximum absolute atomic E-state index is 12.5. The van der Waals surface area contributed by atoms with Crippen molar-refractivity contribution in [2.75, 3.05) is 13.7 Å². The summed E-state index contributed by atoms with van der Waals surface area (Å²) in [4.78, 5) is 25.8. The zero-order valence-electron chi connectivity index (χ0n) is 11.0. The van der Waals surface area contributed by atoms with Gasteiger partial charge in [-0.15, -0.1) is 0 Å². The molecule has 0 aromatic heterocycles. The molecule has 1 aliphatic heterocycles. The highest BCUT2D eigenvalue weighted by Gasteiger charge is 2.35. The van der Waals surface area contributed by atoms with Crippen molar-refractivity contribution in [3.8, 4) is 0 Å². The predicted molar refractivity (Wildman–Crippen MR) is 72.3 cm³/mol. The monoisotopic (exact) mass is 281 g/mol. The van der Waals surface area contributed by atoms with E-state index in [1.165, 1.54) is 7.11 Å². The summed E-state index contributed by atoms with van der Waals surface area (Å²) in [5.41, 5.74) is 1.40. The Morgan fingerprint density at radius 3 is 2.84 bits per heavy atom. The van der Waals surface area contributed by atoms with Gasteiger partial charge in [-0.25, -0.2) is 4.79 Å². The number of aryl methyl sites for hydroxylation is 1. The third-order valence-corrected chi connectivity index (χ3v) is 3.65. The number of carbonyl (C=O) groups is 2. The molecule has 1 aromatic carbocycles. The SMILES string of the molecule is COC(=O)C1CCCN1C(=O)c1cc(Cl)ccc1C. The van der Waals surface area contributed by atoms with Crippen molar-refractivity contribution in [1.29, 1.82) is 0 Å². The molecule has 0 saturated carbocycles. The number of halogens is 1. The molecule has 19 heavy (non-hydrogen) atoms. The predicted octanol–water partition coefficient (Wildman–Crippen LogP) is 2.43. The molecule has 2 rings (SSSR count). The number of hydrogen-bond acceptors (Lipinski definition) is 3. The summed E-state index contributed by atoms with van der Waals surface area (Å²) in [6, 6.07) is 4.72. The normalized spacial score (nSPS) is 18.5. The molecule has 0 aliphatic carbocycles. The molecule has 0 N–H and O–H groups in total. The molecule has 1 aliphatic rings. The van der Waals surface area contributed by atoms with Crippen molar-refractivity contribution in [1.82, 2.24) is 4.90 Å². The minimum atomic E-state index is -0.476. The van der Waals surface area contributed by atoms with E-state index >= 15 is 0 Å². The van der Waals surface area contributed by atoms with Crippen molar-refractivity contribution in [3.63, 3.8) is 0 Å². The van der Waals surface area contributed by atoms with Crippen LogP contribution >= 0.6 is 11.6 Å². The van der Waals surface area contributed by atoms with Crippen molar-refractivity contribution in [2.24, 2.45) is 0 Å². The van der Waals surface area contributed by atoms with E-state index in [0.717, 1.165) is 12.0 Å². The second-order valence-electron chi connectivity index (χ2n) is 4.64. The Morgan fingerprint density at radius 2 is 2.16 bits per heavy atom. The number of nitrogens with zero attached hydrogens (tertiary/aromatic N) is 1. The zero-order chi connectivity index (χ0) is 14.0. The molecule has 1 fully saturated rings. The molecule has 0 radical (unpaired) electrons. The number of likely N-dealkylation sites (tertiary alicyclic amines) is 1. The average molecular weight is 282 g/mol. The van der Waals surface area contributed by atoms with Crippen LogP contribution in [0.15, 0.2) is 18.2 Å². The molecule has 102 valence electrons. The highest BCUT2D eigenvalue weighted by molar-refractivity contribution is 6.31. The maximum Gasteiger partial charge on any atom is 0.328 e. The van der Waals surface area contributed by atoms with Crippen molar-refractivity contribution in [3.05, 3.63) is 34.3 Å². The maximum atomic E-state index is 12.5. The Bertz CT molecular complexity index is 515. The van der Waals surface area contributed by atoms with Crippen LogP contribution in [0.25, 0.3) is 0 Å². The first-order valence-electron chi connectivity index (χ1n) is 6.19. The minimum absolute atomic E-state index is 0.159. The molecule has 0 spiro atoms. The number of esters is 1. The van der Waals surface area contributed by atoms with Crippen LogP contribution in [0.1, 0.15) is 28.8 Å². The summed E-state index contributed by atoms with van der Waals surface area (Å²) in [7, 11) is 1.34.